The first kappa shape index (κ1) is 14.4. The molecule has 0 aliphatic carbocycles. The van der Waals surface area contributed by atoms with Crippen molar-refractivity contribution in [2.45, 2.75) is 20.8 Å². The van der Waals surface area contributed by atoms with Crippen LogP contribution in [0.4, 0.5) is 0 Å². The Morgan fingerprint density at radius 3 is 1.65 bits per heavy atom. The van der Waals surface area contributed by atoms with Crippen molar-refractivity contribution in [1.29, 1.82) is 0 Å². The van der Waals surface area contributed by atoms with Crippen molar-refractivity contribution < 1.29 is 13.3 Å². The summed E-state index contributed by atoms with van der Waals surface area (Å²) in [6, 6.07) is 7.87. The second-order valence-corrected chi connectivity index (χ2v) is 6.11. The molecule has 0 N–H and O–H groups in total. The predicted molar refractivity (Wildman–Crippen MR) is 71.2 cm³/mol. The van der Waals surface area contributed by atoms with E-state index in [-0.39, 0.29) is 0 Å². The molecule has 0 saturated heterocycles. The maximum absolute atomic E-state index is 5.81. The highest BCUT2D eigenvalue weighted by molar-refractivity contribution is 6.75. The Labute approximate surface area is 105 Å². The highest BCUT2D eigenvalue weighted by Gasteiger charge is 2.42. The lowest BCUT2D eigenvalue weighted by atomic mass is 10.2. The van der Waals surface area contributed by atoms with Crippen molar-refractivity contribution in [1.82, 2.24) is 0 Å². The summed E-state index contributed by atoms with van der Waals surface area (Å²) in [5, 5.41) is 0.996. The quantitative estimate of drug-likeness (QED) is 0.697. The highest BCUT2D eigenvalue weighted by Crippen LogP contribution is 2.11. The van der Waals surface area contributed by atoms with E-state index in [4.69, 9.17) is 13.3 Å². The number of hydrogen-bond acceptors (Lipinski definition) is 3. The Morgan fingerprint density at radius 2 is 1.29 bits per heavy atom. The van der Waals surface area contributed by atoms with Gasteiger partial charge in [0.25, 0.3) is 0 Å². The molecule has 0 saturated carbocycles. The summed E-state index contributed by atoms with van der Waals surface area (Å²) in [6.45, 7) is 11.5. The first-order valence-corrected chi connectivity index (χ1v) is 7.75. The molecule has 1 aromatic carbocycles. The van der Waals surface area contributed by atoms with E-state index >= 15 is 0 Å². The Hall–Kier alpha value is -0.683. The minimum Gasteiger partial charge on any atom is -0.370 e. The first-order chi connectivity index (χ1) is 8.18. The summed E-state index contributed by atoms with van der Waals surface area (Å²) in [4.78, 5) is 0. The Balaban J connectivity index is 3.04. The fourth-order valence-electron chi connectivity index (χ4n) is 1.65. The number of rotatable bonds is 7. The lowest BCUT2D eigenvalue weighted by Crippen LogP contribution is -2.56. The lowest BCUT2D eigenvalue weighted by molar-refractivity contribution is 0.0859. The van der Waals surface area contributed by atoms with Crippen LogP contribution in [0.15, 0.2) is 24.3 Å². The molecule has 0 spiro atoms. The van der Waals surface area contributed by atoms with E-state index in [1.807, 2.05) is 45.0 Å². The third-order valence-corrected chi connectivity index (χ3v) is 5.36. The molecule has 1 radical (unpaired) electrons. The van der Waals surface area contributed by atoms with Crippen LogP contribution in [0.3, 0.4) is 0 Å². The van der Waals surface area contributed by atoms with Crippen molar-refractivity contribution >= 4 is 14.0 Å². The van der Waals surface area contributed by atoms with E-state index in [1.54, 1.807) is 0 Å². The molecule has 0 aromatic heterocycles. The van der Waals surface area contributed by atoms with E-state index in [0.717, 1.165) is 10.8 Å². The second kappa shape index (κ2) is 6.91. The Morgan fingerprint density at radius 1 is 0.882 bits per heavy atom. The molecule has 0 heterocycles. The van der Waals surface area contributed by atoms with Gasteiger partial charge in [-0.15, -0.1) is 0 Å². The third-order valence-electron chi connectivity index (χ3n) is 2.31. The van der Waals surface area contributed by atoms with E-state index in [9.17, 15) is 0 Å². The van der Waals surface area contributed by atoms with Gasteiger partial charge in [-0.3, -0.25) is 0 Å². The highest BCUT2D eigenvalue weighted by atomic mass is 28.4. The molecule has 0 aliphatic rings. The molecule has 17 heavy (non-hydrogen) atoms. The van der Waals surface area contributed by atoms with Crippen molar-refractivity contribution in [2.75, 3.05) is 19.8 Å². The zero-order valence-corrected chi connectivity index (χ0v) is 11.9. The first-order valence-electron chi connectivity index (χ1n) is 6.02. The van der Waals surface area contributed by atoms with Crippen LogP contribution in [0.5, 0.6) is 0 Å². The summed E-state index contributed by atoms with van der Waals surface area (Å²) in [6.07, 6.45) is 0. The van der Waals surface area contributed by atoms with Crippen molar-refractivity contribution in [3.05, 3.63) is 36.8 Å². The smallest absolute Gasteiger partial charge is 0.370 e. The molecule has 0 fully saturated rings. The summed E-state index contributed by atoms with van der Waals surface area (Å²) in [5.74, 6) is 0. The van der Waals surface area contributed by atoms with E-state index < -0.39 is 8.80 Å². The third kappa shape index (κ3) is 3.64. The molecular formula is C13H21O3Si. The average Bonchev–Trinajstić information content (AvgIpc) is 2.30. The molecule has 1 rings (SSSR count). The van der Waals surface area contributed by atoms with Gasteiger partial charge >= 0.3 is 8.80 Å². The fourth-order valence-corrected chi connectivity index (χ4v) is 4.12. The van der Waals surface area contributed by atoms with Gasteiger partial charge in [0, 0.05) is 25.0 Å². The van der Waals surface area contributed by atoms with Crippen molar-refractivity contribution in [3.63, 3.8) is 0 Å². The van der Waals surface area contributed by atoms with Crippen LogP contribution in [0.2, 0.25) is 0 Å². The molecule has 0 amide bonds. The van der Waals surface area contributed by atoms with Crippen LogP contribution >= 0.6 is 0 Å². The van der Waals surface area contributed by atoms with E-state index in [1.165, 1.54) is 0 Å². The van der Waals surface area contributed by atoms with Gasteiger partial charge in [0.15, 0.2) is 0 Å². The zero-order chi connectivity index (χ0) is 12.7. The second-order valence-electron chi connectivity index (χ2n) is 3.55. The van der Waals surface area contributed by atoms with Gasteiger partial charge in [0.2, 0.25) is 0 Å². The number of benzene rings is 1. The Kier molecular flexibility index (Phi) is 5.84. The summed E-state index contributed by atoms with van der Waals surface area (Å²) in [5.41, 5.74) is 0.973. The van der Waals surface area contributed by atoms with Crippen LogP contribution in [0.1, 0.15) is 26.3 Å². The minimum absolute atomic E-state index is 0.582. The predicted octanol–water partition coefficient (Wildman–Crippen LogP) is 2.12. The van der Waals surface area contributed by atoms with Gasteiger partial charge in [-0.2, -0.15) is 0 Å². The Bertz CT molecular complexity index is 307. The monoisotopic (exact) mass is 253 g/mol. The van der Waals surface area contributed by atoms with Gasteiger partial charge in [-0.1, -0.05) is 24.3 Å². The van der Waals surface area contributed by atoms with Crippen LogP contribution in [0.25, 0.3) is 0 Å². The van der Waals surface area contributed by atoms with E-state index in [0.29, 0.717) is 19.8 Å². The maximum atomic E-state index is 5.81. The van der Waals surface area contributed by atoms with Crippen LogP contribution in [-0.4, -0.2) is 28.6 Å². The summed E-state index contributed by atoms with van der Waals surface area (Å²) >= 11 is 0. The standard InChI is InChI=1S/C13H21O3Si/c1-5-14-17(15-6-2,16-7-3)13-10-8-12(4)9-11-13/h8-11H,4-7H2,1-3H3. The van der Waals surface area contributed by atoms with Crippen molar-refractivity contribution in [2.24, 2.45) is 0 Å². The van der Waals surface area contributed by atoms with Crippen LogP contribution in [0, 0.1) is 6.92 Å². The average molecular weight is 253 g/mol. The molecule has 0 unspecified atom stereocenters. The van der Waals surface area contributed by atoms with E-state index in [2.05, 4.69) is 6.92 Å². The minimum atomic E-state index is -2.72. The van der Waals surface area contributed by atoms with Crippen LogP contribution in [-0.2, 0) is 13.3 Å². The molecule has 0 atom stereocenters. The normalized spacial score (nSPS) is 11.8. The molecule has 4 heteroatoms. The van der Waals surface area contributed by atoms with Gasteiger partial charge < -0.3 is 13.3 Å². The zero-order valence-electron chi connectivity index (χ0n) is 10.9. The summed E-state index contributed by atoms with van der Waals surface area (Å²) < 4.78 is 17.4. The molecule has 1 aromatic rings. The fraction of sp³-hybridized carbons (Fsp3) is 0.462. The molecule has 0 bridgehead atoms. The SMILES string of the molecule is [CH2]c1ccc([Si](OCC)(OCC)OCC)cc1. The topological polar surface area (TPSA) is 27.7 Å². The van der Waals surface area contributed by atoms with Gasteiger partial charge in [-0.25, -0.2) is 0 Å². The van der Waals surface area contributed by atoms with Crippen molar-refractivity contribution in [3.8, 4) is 0 Å². The van der Waals surface area contributed by atoms with Gasteiger partial charge in [0.1, 0.15) is 0 Å². The maximum Gasteiger partial charge on any atom is 0.537 e. The molecule has 3 nitrogen and oxygen atoms in total. The molecular weight excluding hydrogens is 232 g/mol. The largest absolute Gasteiger partial charge is 0.537 e. The molecule has 95 valence electrons. The van der Waals surface area contributed by atoms with Gasteiger partial charge in [-0.05, 0) is 33.3 Å². The lowest BCUT2D eigenvalue weighted by Gasteiger charge is -2.28. The summed E-state index contributed by atoms with van der Waals surface area (Å²) in [7, 11) is -2.72. The molecule has 0 aliphatic heterocycles. The van der Waals surface area contributed by atoms with Gasteiger partial charge in [0.05, 0.1) is 0 Å². The number of hydrogen-bond donors (Lipinski definition) is 0. The van der Waals surface area contributed by atoms with Crippen LogP contribution < -0.4 is 5.19 Å².